The minimum atomic E-state index is 0. The maximum absolute atomic E-state index is 10.5. The zero-order valence-corrected chi connectivity index (χ0v) is 23.4. The monoisotopic (exact) mass is 696 g/mol. The van der Waals surface area contributed by atoms with E-state index in [1.165, 1.54) is 0 Å². The second-order valence-corrected chi connectivity index (χ2v) is 9.59. The molecule has 0 fully saturated rings. The van der Waals surface area contributed by atoms with Crippen LogP contribution in [0.3, 0.4) is 0 Å². The fourth-order valence-corrected chi connectivity index (χ4v) is 5.68. The first-order valence-corrected chi connectivity index (χ1v) is 12.8. The van der Waals surface area contributed by atoms with Gasteiger partial charge in [0.1, 0.15) is 17.3 Å². The summed E-state index contributed by atoms with van der Waals surface area (Å²) < 4.78 is 4.28. The van der Waals surface area contributed by atoms with Gasteiger partial charge in [-0.2, -0.15) is 0 Å². The van der Waals surface area contributed by atoms with E-state index in [1.54, 1.807) is 6.07 Å². The first-order chi connectivity index (χ1) is 19.3. The molecule has 6 heteroatoms. The van der Waals surface area contributed by atoms with Gasteiger partial charge in [-0.3, -0.25) is 4.57 Å². The third-order valence-corrected chi connectivity index (χ3v) is 7.39. The van der Waals surface area contributed by atoms with Gasteiger partial charge in [-0.15, -0.1) is 23.8 Å². The molecule has 4 aromatic carbocycles. The summed E-state index contributed by atoms with van der Waals surface area (Å²) in [6.07, 6.45) is 1.82. The van der Waals surface area contributed by atoms with Crippen LogP contribution in [-0.4, -0.2) is 24.2 Å². The van der Waals surface area contributed by atoms with Gasteiger partial charge >= 0.3 is 0 Å². The second kappa shape index (κ2) is 9.48. The van der Waals surface area contributed by atoms with E-state index < -0.39 is 0 Å². The quantitative estimate of drug-likeness (QED) is 0.192. The Morgan fingerprint density at radius 3 is 2.02 bits per heavy atom. The molecule has 5 nitrogen and oxygen atoms in total. The minimum absolute atomic E-state index is 0. The summed E-state index contributed by atoms with van der Waals surface area (Å²) in [5.41, 5.74) is 5.46. The molecule has 1 N–H and O–H groups in total. The number of aromatic nitrogens is 4. The maximum Gasteiger partial charge on any atom is 0.146 e. The fourth-order valence-electron chi connectivity index (χ4n) is 5.68. The van der Waals surface area contributed by atoms with Crippen LogP contribution in [0.4, 0.5) is 0 Å². The van der Waals surface area contributed by atoms with Crippen molar-refractivity contribution in [3.63, 3.8) is 0 Å². The van der Waals surface area contributed by atoms with E-state index in [0.29, 0.717) is 0 Å². The van der Waals surface area contributed by atoms with Gasteiger partial charge < -0.3 is 9.67 Å². The molecule has 8 aromatic rings. The SMILES string of the molecule is Oc1ccccc1-c1[c-]c2c(cc1)c1ccccc1n2-c1cccc(-n2c3ccccc3c3cccnc32)n1.[Pt]. The molecule has 0 bridgehead atoms. The average molecular weight is 697 g/mol. The van der Waals surface area contributed by atoms with E-state index in [2.05, 4.69) is 63.7 Å². The van der Waals surface area contributed by atoms with Gasteiger partial charge in [-0.25, -0.2) is 9.97 Å². The predicted octanol–water partition coefficient (Wildman–Crippen LogP) is 7.84. The van der Waals surface area contributed by atoms with E-state index in [1.807, 2.05) is 66.9 Å². The predicted molar refractivity (Wildman–Crippen MR) is 157 cm³/mol. The second-order valence-electron chi connectivity index (χ2n) is 9.59. The molecule has 40 heavy (non-hydrogen) atoms. The Bertz CT molecular complexity index is 2160. The summed E-state index contributed by atoms with van der Waals surface area (Å²) in [6.45, 7) is 0. The molecule has 8 rings (SSSR count). The molecule has 0 atom stereocenters. The van der Waals surface area contributed by atoms with Crippen LogP contribution in [0.25, 0.3) is 66.5 Å². The number of rotatable bonds is 3. The molecule has 0 radical (unpaired) electrons. The number of aromatic hydroxyl groups is 1. The van der Waals surface area contributed by atoms with Crippen LogP contribution in [0, 0.1) is 6.07 Å². The topological polar surface area (TPSA) is 55.9 Å². The molecule has 4 aromatic heterocycles. The third-order valence-electron chi connectivity index (χ3n) is 7.39. The molecule has 0 spiro atoms. The Hall–Kier alpha value is -4.73. The van der Waals surface area contributed by atoms with Crippen LogP contribution >= 0.6 is 0 Å². The molecular formula is C34H21N4OPt-. The number of fused-ring (bicyclic) bond motifs is 6. The fraction of sp³-hybridized carbons (Fsp3) is 0. The molecule has 0 amide bonds. The van der Waals surface area contributed by atoms with Crippen molar-refractivity contribution in [3.8, 4) is 28.5 Å². The van der Waals surface area contributed by atoms with E-state index in [0.717, 1.165) is 66.5 Å². The summed E-state index contributed by atoms with van der Waals surface area (Å²) >= 11 is 0. The minimum Gasteiger partial charge on any atom is -0.517 e. The number of hydrogen-bond donors (Lipinski definition) is 1. The molecule has 0 aliphatic heterocycles. The molecule has 4 heterocycles. The zero-order valence-electron chi connectivity index (χ0n) is 21.1. The van der Waals surface area contributed by atoms with Crippen LogP contribution in [0.2, 0.25) is 0 Å². The van der Waals surface area contributed by atoms with Crippen molar-refractivity contribution < 1.29 is 26.2 Å². The van der Waals surface area contributed by atoms with Crippen molar-refractivity contribution in [2.24, 2.45) is 0 Å². The summed E-state index contributed by atoms with van der Waals surface area (Å²) in [5, 5.41) is 15.0. The standard InChI is InChI=1S/C34H21N4O.Pt/c39-31-15-6-3-9-23(31)22-18-19-26-24-10-1-4-13-28(24)37(30(26)21-22)32-16-7-17-33(36-32)38-29-14-5-2-11-25(29)27-12-8-20-35-34(27)38;/h1-20,39H;/q-1;. The van der Waals surface area contributed by atoms with Crippen molar-refractivity contribution in [1.82, 2.24) is 19.1 Å². The van der Waals surface area contributed by atoms with Gasteiger partial charge in [0.25, 0.3) is 0 Å². The van der Waals surface area contributed by atoms with Gasteiger partial charge in [0.15, 0.2) is 0 Å². The number of hydrogen-bond acceptors (Lipinski definition) is 3. The van der Waals surface area contributed by atoms with E-state index in [-0.39, 0.29) is 26.8 Å². The Morgan fingerprint density at radius 1 is 0.575 bits per heavy atom. The maximum atomic E-state index is 10.5. The normalized spacial score (nSPS) is 11.4. The number of phenolic OH excluding ortho intramolecular Hbond substituents is 1. The van der Waals surface area contributed by atoms with Crippen molar-refractivity contribution >= 4 is 43.7 Å². The van der Waals surface area contributed by atoms with Crippen LogP contribution in [-0.2, 0) is 21.1 Å². The molecule has 0 aliphatic rings. The van der Waals surface area contributed by atoms with Crippen LogP contribution in [0.5, 0.6) is 5.75 Å². The smallest absolute Gasteiger partial charge is 0.146 e. The van der Waals surface area contributed by atoms with Crippen molar-refractivity contribution in [2.45, 2.75) is 0 Å². The van der Waals surface area contributed by atoms with Crippen molar-refractivity contribution in [3.05, 3.63) is 128 Å². The van der Waals surface area contributed by atoms with Gasteiger partial charge in [0, 0.05) is 43.6 Å². The number of benzene rings is 4. The van der Waals surface area contributed by atoms with Crippen LogP contribution in [0.1, 0.15) is 0 Å². The van der Waals surface area contributed by atoms with Crippen molar-refractivity contribution in [2.75, 3.05) is 0 Å². The molecule has 0 unspecified atom stereocenters. The van der Waals surface area contributed by atoms with Crippen LogP contribution in [0.15, 0.2) is 121 Å². The van der Waals surface area contributed by atoms with Gasteiger partial charge in [-0.1, -0.05) is 71.6 Å². The zero-order chi connectivity index (χ0) is 25.9. The Morgan fingerprint density at radius 2 is 1.23 bits per heavy atom. The van der Waals surface area contributed by atoms with Gasteiger partial charge in [0.05, 0.1) is 11.3 Å². The van der Waals surface area contributed by atoms with E-state index in [9.17, 15) is 5.11 Å². The third kappa shape index (κ3) is 3.59. The summed E-state index contributed by atoms with van der Waals surface area (Å²) in [7, 11) is 0. The Labute approximate surface area is 244 Å². The van der Waals surface area contributed by atoms with Crippen molar-refractivity contribution in [1.29, 1.82) is 0 Å². The largest absolute Gasteiger partial charge is 0.517 e. The number of para-hydroxylation sites is 3. The first kappa shape index (κ1) is 24.3. The van der Waals surface area contributed by atoms with E-state index in [4.69, 9.17) is 9.97 Å². The van der Waals surface area contributed by atoms with Gasteiger partial charge in [0.2, 0.25) is 0 Å². The number of phenols is 1. The Balaban J connectivity index is 0.00000264. The van der Waals surface area contributed by atoms with Crippen LogP contribution < -0.4 is 0 Å². The van der Waals surface area contributed by atoms with E-state index >= 15 is 0 Å². The molecule has 194 valence electrons. The molecular weight excluding hydrogens is 675 g/mol. The number of pyridine rings is 2. The Kier molecular flexibility index (Phi) is 5.76. The molecule has 0 aliphatic carbocycles. The summed E-state index contributed by atoms with van der Waals surface area (Å²) in [4.78, 5) is 9.92. The molecule has 0 saturated heterocycles. The summed E-state index contributed by atoms with van der Waals surface area (Å²) in [6, 6.07) is 41.9. The summed E-state index contributed by atoms with van der Waals surface area (Å²) in [5.74, 6) is 1.81. The molecule has 0 saturated carbocycles. The average Bonchev–Trinajstić information content (AvgIpc) is 3.50. The van der Waals surface area contributed by atoms with Gasteiger partial charge in [-0.05, 0) is 53.4 Å². The first-order valence-electron chi connectivity index (χ1n) is 12.8. The number of nitrogens with zero attached hydrogens (tertiary/aromatic N) is 4.